The van der Waals surface area contributed by atoms with E-state index in [1.54, 1.807) is 5.57 Å². The van der Waals surface area contributed by atoms with Crippen LogP contribution in [0.3, 0.4) is 0 Å². The minimum absolute atomic E-state index is 0. The van der Waals surface area contributed by atoms with E-state index in [2.05, 4.69) is 11.4 Å². The van der Waals surface area contributed by atoms with Crippen molar-refractivity contribution in [1.29, 1.82) is 0 Å². The number of hydrogen-bond acceptors (Lipinski definition) is 1. The average molecular weight is 196 g/mol. The van der Waals surface area contributed by atoms with Gasteiger partial charge in [-0.2, -0.15) is 0 Å². The molecule has 0 aromatic carbocycles. The van der Waals surface area contributed by atoms with Crippen LogP contribution in [0.2, 0.25) is 0 Å². The SMILES string of the molecule is C1=C2CNCC2CCC1.Cl.Cl. The van der Waals surface area contributed by atoms with Crippen LogP contribution in [0.15, 0.2) is 11.6 Å². The van der Waals surface area contributed by atoms with E-state index in [4.69, 9.17) is 0 Å². The molecule has 0 aromatic rings. The fraction of sp³-hybridized carbons (Fsp3) is 0.750. The van der Waals surface area contributed by atoms with E-state index in [0.29, 0.717) is 0 Å². The van der Waals surface area contributed by atoms with Crippen LogP contribution >= 0.6 is 24.8 Å². The molecule has 66 valence electrons. The van der Waals surface area contributed by atoms with Gasteiger partial charge in [0.05, 0.1) is 0 Å². The van der Waals surface area contributed by atoms with Crippen LogP contribution in [0.4, 0.5) is 0 Å². The number of fused-ring (bicyclic) bond motifs is 1. The minimum Gasteiger partial charge on any atom is -0.312 e. The molecule has 0 radical (unpaired) electrons. The highest BCUT2D eigenvalue weighted by atomic mass is 35.5. The highest BCUT2D eigenvalue weighted by Crippen LogP contribution is 2.26. The van der Waals surface area contributed by atoms with Gasteiger partial charge in [0.1, 0.15) is 0 Å². The van der Waals surface area contributed by atoms with Gasteiger partial charge in [0.25, 0.3) is 0 Å². The summed E-state index contributed by atoms with van der Waals surface area (Å²) in [6, 6.07) is 0. The minimum atomic E-state index is 0. The van der Waals surface area contributed by atoms with Crippen LogP contribution < -0.4 is 5.32 Å². The van der Waals surface area contributed by atoms with E-state index in [9.17, 15) is 0 Å². The van der Waals surface area contributed by atoms with Gasteiger partial charge in [0.2, 0.25) is 0 Å². The molecular weight excluding hydrogens is 181 g/mol. The number of rotatable bonds is 0. The molecule has 1 aliphatic heterocycles. The van der Waals surface area contributed by atoms with E-state index in [0.717, 1.165) is 5.92 Å². The largest absolute Gasteiger partial charge is 0.312 e. The highest BCUT2D eigenvalue weighted by Gasteiger charge is 2.21. The van der Waals surface area contributed by atoms with E-state index in [1.165, 1.54) is 32.4 Å². The monoisotopic (exact) mass is 195 g/mol. The van der Waals surface area contributed by atoms with E-state index < -0.39 is 0 Å². The second-order valence-electron chi connectivity index (χ2n) is 3.04. The average Bonchev–Trinajstić information content (AvgIpc) is 2.33. The van der Waals surface area contributed by atoms with Gasteiger partial charge in [-0.3, -0.25) is 0 Å². The van der Waals surface area contributed by atoms with Gasteiger partial charge in [-0.1, -0.05) is 11.6 Å². The zero-order chi connectivity index (χ0) is 6.10. The number of allylic oxidation sites excluding steroid dienone is 1. The normalized spacial score (nSPS) is 27.6. The van der Waals surface area contributed by atoms with E-state index in [1.807, 2.05) is 0 Å². The van der Waals surface area contributed by atoms with Crippen molar-refractivity contribution in [3.63, 3.8) is 0 Å². The first-order valence-electron chi connectivity index (χ1n) is 3.86. The summed E-state index contributed by atoms with van der Waals surface area (Å²) in [6.07, 6.45) is 6.59. The molecule has 1 fully saturated rings. The molecule has 1 nitrogen and oxygen atoms in total. The molecule has 1 aliphatic carbocycles. The van der Waals surface area contributed by atoms with Crippen LogP contribution in [-0.2, 0) is 0 Å². The van der Waals surface area contributed by atoms with Crippen LogP contribution in [0, 0.1) is 5.92 Å². The summed E-state index contributed by atoms with van der Waals surface area (Å²) < 4.78 is 0. The molecule has 0 bridgehead atoms. The van der Waals surface area contributed by atoms with Crippen LogP contribution in [0.5, 0.6) is 0 Å². The quantitative estimate of drug-likeness (QED) is 0.585. The van der Waals surface area contributed by atoms with Crippen LogP contribution in [0.25, 0.3) is 0 Å². The molecule has 0 spiro atoms. The van der Waals surface area contributed by atoms with Gasteiger partial charge >= 0.3 is 0 Å². The summed E-state index contributed by atoms with van der Waals surface area (Å²) in [7, 11) is 0. The third-order valence-electron chi connectivity index (χ3n) is 2.41. The third-order valence-corrected chi connectivity index (χ3v) is 2.41. The molecule has 0 amide bonds. The summed E-state index contributed by atoms with van der Waals surface area (Å²) in [5.41, 5.74) is 1.68. The van der Waals surface area contributed by atoms with E-state index >= 15 is 0 Å². The lowest BCUT2D eigenvalue weighted by atomic mass is 9.91. The molecule has 2 aliphatic rings. The topological polar surface area (TPSA) is 12.0 Å². The Morgan fingerprint density at radius 1 is 1.36 bits per heavy atom. The lowest BCUT2D eigenvalue weighted by molar-refractivity contribution is 0.546. The first kappa shape index (κ1) is 11.3. The van der Waals surface area contributed by atoms with Gasteiger partial charge in [0.15, 0.2) is 0 Å². The molecule has 11 heavy (non-hydrogen) atoms. The van der Waals surface area contributed by atoms with Gasteiger partial charge in [-0.15, -0.1) is 24.8 Å². The molecule has 3 heteroatoms. The summed E-state index contributed by atoms with van der Waals surface area (Å²) in [5.74, 6) is 0.916. The molecule has 1 heterocycles. The summed E-state index contributed by atoms with van der Waals surface area (Å²) in [4.78, 5) is 0. The Bertz CT molecular complexity index is 145. The Kier molecular flexibility index (Phi) is 5.15. The first-order chi connectivity index (χ1) is 4.47. The summed E-state index contributed by atoms with van der Waals surface area (Å²) in [6.45, 7) is 2.41. The van der Waals surface area contributed by atoms with Gasteiger partial charge < -0.3 is 5.32 Å². The maximum absolute atomic E-state index is 3.40. The van der Waals surface area contributed by atoms with Crippen molar-refractivity contribution >= 4 is 24.8 Å². The molecule has 0 aromatic heterocycles. The molecule has 2 rings (SSSR count). The maximum atomic E-state index is 3.40. The lowest BCUT2D eigenvalue weighted by Crippen LogP contribution is -2.09. The van der Waals surface area contributed by atoms with Crippen molar-refractivity contribution in [2.24, 2.45) is 5.92 Å². The van der Waals surface area contributed by atoms with Crippen molar-refractivity contribution in [1.82, 2.24) is 5.32 Å². The van der Waals surface area contributed by atoms with Crippen molar-refractivity contribution in [3.05, 3.63) is 11.6 Å². The smallest absolute Gasteiger partial charge is 0.0168 e. The van der Waals surface area contributed by atoms with Crippen molar-refractivity contribution < 1.29 is 0 Å². The summed E-state index contributed by atoms with van der Waals surface area (Å²) in [5, 5.41) is 3.40. The van der Waals surface area contributed by atoms with Crippen molar-refractivity contribution in [2.45, 2.75) is 19.3 Å². The zero-order valence-electron chi connectivity index (χ0n) is 6.51. The molecule has 1 unspecified atom stereocenters. The Morgan fingerprint density at radius 3 is 2.91 bits per heavy atom. The summed E-state index contributed by atoms with van der Waals surface area (Å²) >= 11 is 0. The Hall–Kier alpha value is 0.280. The van der Waals surface area contributed by atoms with Gasteiger partial charge in [-0.05, 0) is 25.2 Å². The lowest BCUT2D eigenvalue weighted by Gasteiger charge is -2.14. The fourth-order valence-corrected chi connectivity index (χ4v) is 1.84. The zero-order valence-corrected chi connectivity index (χ0v) is 8.14. The highest BCUT2D eigenvalue weighted by molar-refractivity contribution is 5.85. The van der Waals surface area contributed by atoms with Gasteiger partial charge in [-0.25, -0.2) is 0 Å². The second kappa shape index (κ2) is 5.02. The second-order valence-corrected chi connectivity index (χ2v) is 3.04. The molecule has 1 N–H and O–H groups in total. The maximum Gasteiger partial charge on any atom is 0.0168 e. The first-order valence-corrected chi connectivity index (χ1v) is 3.86. The van der Waals surface area contributed by atoms with E-state index in [-0.39, 0.29) is 24.8 Å². The molecule has 0 saturated carbocycles. The molecule has 1 saturated heterocycles. The molecule has 1 atom stereocenters. The third kappa shape index (κ3) is 2.36. The predicted octanol–water partition coefficient (Wildman–Crippen LogP) is 2.16. The Labute approximate surface area is 80.4 Å². The predicted molar refractivity (Wildman–Crippen MR) is 52.8 cm³/mol. The fourth-order valence-electron chi connectivity index (χ4n) is 1.84. The van der Waals surface area contributed by atoms with Crippen molar-refractivity contribution in [3.8, 4) is 0 Å². The Morgan fingerprint density at radius 2 is 2.18 bits per heavy atom. The van der Waals surface area contributed by atoms with Gasteiger partial charge in [0, 0.05) is 13.1 Å². The van der Waals surface area contributed by atoms with Crippen LogP contribution in [-0.4, -0.2) is 13.1 Å². The van der Waals surface area contributed by atoms with Crippen LogP contribution in [0.1, 0.15) is 19.3 Å². The Balaban J connectivity index is 0.000000500. The number of hydrogen-bond donors (Lipinski definition) is 1. The van der Waals surface area contributed by atoms with Crippen molar-refractivity contribution in [2.75, 3.05) is 13.1 Å². The number of halogens is 2. The standard InChI is InChI=1S/C8H13N.2ClH/c1-2-4-8-6-9-5-7(8)3-1;;/h3,8-9H,1-2,4-6H2;2*1H. The number of nitrogens with one attached hydrogen (secondary N) is 1. The molecular formula is C8H15Cl2N.